The van der Waals surface area contributed by atoms with Crippen molar-refractivity contribution in [2.75, 3.05) is 0 Å². The first-order chi connectivity index (χ1) is 5.60. The minimum absolute atomic E-state index is 0.624. The summed E-state index contributed by atoms with van der Waals surface area (Å²) in [5.74, 6) is 0.636. The third kappa shape index (κ3) is 1.05. The van der Waals surface area contributed by atoms with Crippen LogP contribution in [0.5, 0.6) is 0 Å². The van der Waals surface area contributed by atoms with Crippen LogP contribution < -0.4 is 0 Å². The van der Waals surface area contributed by atoms with E-state index in [0.29, 0.717) is 5.92 Å². The molecule has 0 spiro atoms. The summed E-state index contributed by atoms with van der Waals surface area (Å²) < 4.78 is 1.73. The Morgan fingerprint density at radius 2 is 2.33 bits per heavy atom. The van der Waals surface area contributed by atoms with Crippen molar-refractivity contribution < 1.29 is 5.11 Å². The highest BCUT2D eigenvalue weighted by atomic mass is 16.3. The Morgan fingerprint density at radius 3 is 2.75 bits per heavy atom. The van der Waals surface area contributed by atoms with Crippen molar-refractivity contribution in [3.63, 3.8) is 0 Å². The van der Waals surface area contributed by atoms with Gasteiger partial charge in [-0.05, 0) is 24.8 Å². The highest BCUT2D eigenvalue weighted by molar-refractivity contribution is 5.14. The molecule has 1 aromatic heterocycles. The molecule has 0 aromatic carbocycles. The molecule has 1 aliphatic carbocycles. The molecule has 0 amide bonds. The summed E-state index contributed by atoms with van der Waals surface area (Å²) in [7, 11) is 1.87. The largest absolute Gasteiger partial charge is 0.383 e. The minimum atomic E-state index is -0.624. The Balaban J connectivity index is 2.20. The van der Waals surface area contributed by atoms with Crippen molar-refractivity contribution in [2.24, 2.45) is 13.0 Å². The van der Waals surface area contributed by atoms with Crippen molar-refractivity contribution in [2.45, 2.75) is 25.4 Å². The molecule has 1 aliphatic rings. The van der Waals surface area contributed by atoms with Crippen LogP contribution in [0.4, 0.5) is 0 Å². The number of hydrogen-bond acceptors (Lipinski definition) is 2. The number of aliphatic hydroxyl groups is 1. The normalized spacial score (nSPS) is 34.8. The van der Waals surface area contributed by atoms with Gasteiger partial charge in [-0.25, -0.2) is 0 Å². The second-order valence-electron chi connectivity index (χ2n) is 3.92. The SMILES string of the molecule is CC1CC(O)(c2ccn(C)n2)C1. The lowest BCUT2D eigenvalue weighted by Gasteiger charge is -2.40. The lowest BCUT2D eigenvalue weighted by atomic mass is 9.70. The van der Waals surface area contributed by atoms with E-state index >= 15 is 0 Å². The van der Waals surface area contributed by atoms with Gasteiger partial charge in [0, 0.05) is 13.2 Å². The Morgan fingerprint density at radius 1 is 1.67 bits per heavy atom. The van der Waals surface area contributed by atoms with Crippen molar-refractivity contribution in [3.05, 3.63) is 18.0 Å². The second kappa shape index (κ2) is 2.33. The van der Waals surface area contributed by atoms with Crippen LogP contribution in [-0.2, 0) is 12.6 Å². The van der Waals surface area contributed by atoms with Crippen LogP contribution in [0, 0.1) is 5.92 Å². The number of aromatic nitrogens is 2. The van der Waals surface area contributed by atoms with Crippen LogP contribution >= 0.6 is 0 Å². The Labute approximate surface area is 72.0 Å². The van der Waals surface area contributed by atoms with E-state index < -0.39 is 5.60 Å². The van der Waals surface area contributed by atoms with Gasteiger partial charge in [0.1, 0.15) is 5.60 Å². The zero-order valence-electron chi connectivity index (χ0n) is 7.49. The molecule has 0 aliphatic heterocycles. The van der Waals surface area contributed by atoms with Gasteiger partial charge in [0.05, 0.1) is 5.69 Å². The maximum absolute atomic E-state index is 9.99. The molecule has 0 saturated heterocycles. The molecule has 0 atom stereocenters. The first-order valence-electron chi connectivity index (χ1n) is 4.33. The average molecular weight is 166 g/mol. The maximum atomic E-state index is 9.99. The number of rotatable bonds is 1. The number of aryl methyl sites for hydroxylation is 1. The summed E-state index contributed by atoms with van der Waals surface area (Å²) in [5.41, 5.74) is 0.198. The van der Waals surface area contributed by atoms with E-state index in [2.05, 4.69) is 12.0 Å². The third-order valence-corrected chi connectivity index (χ3v) is 2.56. The van der Waals surface area contributed by atoms with E-state index in [1.165, 1.54) is 0 Å². The van der Waals surface area contributed by atoms with Crippen LogP contribution in [0.2, 0.25) is 0 Å². The average Bonchev–Trinajstić information content (AvgIpc) is 2.33. The number of hydrogen-bond donors (Lipinski definition) is 1. The highest BCUT2D eigenvalue weighted by Crippen LogP contribution is 2.44. The van der Waals surface area contributed by atoms with Crippen LogP contribution in [0.3, 0.4) is 0 Å². The van der Waals surface area contributed by atoms with E-state index in [1.54, 1.807) is 4.68 Å². The fraction of sp³-hybridized carbons (Fsp3) is 0.667. The molecule has 0 unspecified atom stereocenters. The summed E-state index contributed by atoms with van der Waals surface area (Å²) in [6.07, 6.45) is 3.57. The molecular formula is C9H14N2O. The topological polar surface area (TPSA) is 38.0 Å². The first-order valence-corrected chi connectivity index (χ1v) is 4.33. The standard InChI is InChI=1S/C9H14N2O/c1-7-5-9(12,6-7)8-3-4-11(2)10-8/h3-4,7,12H,5-6H2,1-2H3. The summed E-state index contributed by atoms with van der Waals surface area (Å²) in [4.78, 5) is 0. The predicted molar refractivity (Wildman–Crippen MR) is 45.5 cm³/mol. The Bertz CT molecular complexity index is 286. The van der Waals surface area contributed by atoms with E-state index in [9.17, 15) is 5.11 Å². The van der Waals surface area contributed by atoms with Crippen LogP contribution in [-0.4, -0.2) is 14.9 Å². The molecule has 3 heteroatoms. The molecule has 66 valence electrons. The van der Waals surface area contributed by atoms with Crippen molar-refractivity contribution in [1.82, 2.24) is 9.78 Å². The number of nitrogens with zero attached hydrogens (tertiary/aromatic N) is 2. The van der Waals surface area contributed by atoms with E-state index in [0.717, 1.165) is 18.5 Å². The minimum Gasteiger partial charge on any atom is -0.383 e. The van der Waals surface area contributed by atoms with Gasteiger partial charge in [0.25, 0.3) is 0 Å². The van der Waals surface area contributed by atoms with Crippen molar-refractivity contribution in [3.8, 4) is 0 Å². The predicted octanol–water partition coefficient (Wildman–Crippen LogP) is 1.04. The first kappa shape index (κ1) is 7.80. The molecule has 1 N–H and O–H groups in total. The van der Waals surface area contributed by atoms with Gasteiger partial charge >= 0.3 is 0 Å². The molecule has 0 bridgehead atoms. The fourth-order valence-corrected chi connectivity index (χ4v) is 1.97. The second-order valence-corrected chi connectivity index (χ2v) is 3.92. The summed E-state index contributed by atoms with van der Waals surface area (Å²) in [6, 6.07) is 1.89. The van der Waals surface area contributed by atoms with Gasteiger partial charge in [-0.3, -0.25) is 4.68 Å². The van der Waals surface area contributed by atoms with Crippen molar-refractivity contribution >= 4 is 0 Å². The van der Waals surface area contributed by atoms with Gasteiger partial charge in [-0.2, -0.15) is 5.10 Å². The third-order valence-electron chi connectivity index (χ3n) is 2.56. The molecule has 1 heterocycles. The van der Waals surface area contributed by atoms with E-state index in [4.69, 9.17) is 0 Å². The molecule has 1 saturated carbocycles. The lowest BCUT2D eigenvalue weighted by Crippen LogP contribution is -2.40. The van der Waals surface area contributed by atoms with Crippen LogP contribution in [0.1, 0.15) is 25.5 Å². The van der Waals surface area contributed by atoms with Gasteiger partial charge in [-0.15, -0.1) is 0 Å². The molecule has 1 aromatic rings. The van der Waals surface area contributed by atoms with Gasteiger partial charge < -0.3 is 5.11 Å². The fourth-order valence-electron chi connectivity index (χ4n) is 1.97. The van der Waals surface area contributed by atoms with E-state index in [1.807, 2.05) is 19.3 Å². The zero-order valence-corrected chi connectivity index (χ0v) is 7.49. The lowest BCUT2D eigenvalue weighted by molar-refractivity contribution is -0.0776. The van der Waals surface area contributed by atoms with Crippen molar-refractivity contribution in [1.29, 1.82) is 0 Å². The quantitative estimate of drug-likeness (QED) is 0.677. The maximum Gasteiger partial charge on any atom is 0.109 e. The Hall–Kier alpha value is -0.830. The van der Waals surface area contributed by atoms with Crippen LogP contribution in [0.25, 0.3) is 0 Å². The molecule has 3 nitrogen and oxygen atoms in total. The highest BCUT2D eigenvalue weighted by Gasteiger charge is 2.43. The molecule has 1 fully saturated rings. The van der Waals surface area contributed by atoms with Gasteiger partial charge in [0.2, 0.25) is 0 Å². The summed E-state index contributed by atoms with van der Waals surface area (Å²) in [6.45, 7) is 2.15. The molecule has 2 rings (SSSR count). The summed E-state index contributed by atoms with van der Waals surface area (Å²) >= 11 is 0. The van der Waals surface area contributed by atoms with Gasteiger partial charge in [-0.1, -0.05) is 6.92 Å². The zero-order chi connectivity index (χ0) is 8.77. The Kier molecular flexibility index (Phi) is 1.51. The van der Waals surface area contributed by atoms with Gasteiger partial charge in [0.15, 0.2) is 0 Å². The molecule has 0 radical (unpaired) electrons. The molecular weight excluding hydrogens is 152 g/mol. The smallest absolute Gasteiger partial charge is 0.109 e. The van der Waals surface area contributed by atoms with E-state index in [-0.39, 0.29) is 0 Å². The summed E-state index contributed by atoms with van der Waals surface area (Å²) in [5, 5.41) is 14.2. The monoisotopic (exact) mass is 166 g/mol. The van der Waals surface area contributed by atoms with Crippen LogP contribution in [0.15, 0.2) is 12.3 Å². The molecule has 12 heavy (non-hydrogen) atoms.